The van der Waals surface area contributed by atoms with E-state index in [4.69, 9.17) is 0 Å². The van der Waals surface area contributed by atoms with E-state index in [2.05, 4.69) is 0 Å². The molecule has 0 heterocycles. The van der Waals surface area contributed by atoms with Gasteiger partial charge in [0.05, 0.1) is 5.69 Å². The number of benzene rings is 2. The molecule has 0 aliphatic carbocycles. The van der Waals surface area contributed by atoms with Crippen molar-refractivity contribution in [2.24, 2.45) is 0 Å². The highest BCUT2D eigenvalue weighted by molar-refractivity contribution is 7.80. The predicted molar refractivity (Wildman–Crippen MR) is 80.1 cm³/mol. The van der Waals surface area contributed by atoms with Gasteiger partial charge in [0.25, 0.3) is 0 Å². The van der Waals surface area contributed by atoms with E-state index in [0.717, 1.165) is 12.1 Å². The molecule has 0 fully saturated rings. The molecule has 0 aliphatic rings. The Hall–Kier alpha value is -2.43. The SMILES string of the molecule is O=[N+]([O-])Cc1ccc(NS(=O)[O-])c(C(O)c2ccc(F)cc2F)c1. The number of aliphatic hydroxyl groups excluding tert-OH is 1. The zero-order valence-electron chi connectivity index (χ0n) is 11.9. The first-order valence-corrected chi connectivity index (χ1v) is 7.59. The molecule has 128 valence electrons. The van der Waals surface area contributed by atoms with Crippen LogP contribution in [0.15, 0.2) is 36.4 Å². The molecule has 0 bridgehead atoms. The number of nitrogens with zero attached hydrogens (tertiary/aromatic N) is 1. The molecule has 0 saturated carbocycles. The second-order valence-electron chi connectivity index (χ2n) is 4.82. The third-order valence-electron chi connectivity index (χ3n) is 3.17. The summed E-state index contributed by atoms with van der Waals surface area (Å²) in [5.74, 6) is -1.87. The van der Waals surface area contributed by atoms with Crippen molar-refractivity contribution in [3.05, 3.63) is 74.8 Å². The third kappa shape index (κ3) is 4.31. The Balaban J connectivity index is 2.50. The van der Waals surface area contributed by atoms with Gasteiger partial charge in [-0.3, -0.25) is 14.3 Å². The van der Waals surface area contributed by atoms with Crippen molar-refractivity contribution in [3.8, 4) is 0 Å². The maximum Gasteiger partial charge on any atom is 0.228 e. The topological polar surface area (TPSA) is 116 Å². The quantitative estimate of drug-likeness (QED) is 0.466. The van der Waals surface area contributed by atoms with Crippen LogP contribution in [0.5, 0.6) is 0 Å². The standard InChI is InChI=1S/C14H12F2N2O5S/c15-9-2-3-10(12(16)6-9)14(19)11-5-8(7-18(20)21)1-4-13(11)17-24(22)23/h1-6,14,17,19H,7H2,(H,22,23)/p-1. The van der Waals surface area contributed by atoms with Gasteiger partial charge in [-0.05, 0) is 18.2 Å². The zero-order chi connectivity index (χ0) is 17.9. The van der Waals surface area contributed by atoms with Gasteiger partial charge >= 0.3 is 0 Å². The Morgan fingerprint density at radius 2 is 1.92 bits per heavy atom. The maximum absolute atomic E-state index is 13.8. The fourth-order valence-electron chi connectivity index (χ4n) is 2.16. The summed E-state index contributed by atoms with van der Waals surface area (Å²) < 4.78 is 50.5. The zero-order valence-corrected chi connectivity index (χ0v) is 12.8. The molecule has 0 spiro atoms. The van der Waals surface area contributed by atoms with Gasteiger partial charge in [0.2, 0.25) is 6.54 Å². The molecule has 2 atom stereocenters. The Bertz CT molecular complexity index is 803. The molecule has 0 amide bonds. The number of hydrogen-bond acceptors (Lipinski definition) is 5. The van der Waals surface area contributed by atoms with E-state index in [0.29, 0.717) is 6.07 Å². The predicted octanol–water partition coefficient (Wildman–Crippen LogP) is 2.03. The molecule has 0 saturated heterocycles. The highest BCUT2D eigenvalue weighted by Gasteiger charge is 2.20. The molecule has 0 aromatic heterocycles. The lowest BCUT2D eigenvalue weighted by Gasteiger charge is -2.19. The van der Waals surface area contributed by atoms with E-state index in [9.17, 15) is 32.8 Å². The van der Waals surface area contributed by atoms with Crippen molar-refractivity contribution < 1.29 is 27.6 Å². The van der Waals surface area contributed by atoms with Crippen molar-refractivity contribution in [1.29, 1.82) is 0 Å². The Morgan fingerprint density at radius 3 is 2.50 bits per heavy atom. The summed E-state index contributed by atoms with van der Waals surface area (Å²) in [4.78, 5) is 9.99. The van der Waals surface area contributed by atoms with Crippen LogP contribution < -0.4 is 4.72 Å². The van der Waals surface area contributed by atoms with Gasteiger partial charge in [-0.25, -0.2) is 8.78 Å². The van der Waals surface area contributed by atoms with Crippen LogP contribution in [0.3, 0.4) is 0 Å². The number of hydrogen-bond donors (Lipinski definition) is 2. The van der Waals surface area contributed by atoms with Gasteiger partial charge in [-0.15, -0.1) is 0 Å². The lowest BCUT2D eigenvalue weighted by molar-refractivity contribution is -0.496. The summed E-state index contributed by atoms with van der Waals surface area (Å²) in [5.41, 5.74) is -0.288. The number of nitrogens with one attached hydrogen (secondary N) is 1. The molecule has 2 unspecified atom stereocenters. The lowest BCUT2D eigenvalue weighted by atomic mass is 9.97. The van der Waals surface area contributed by atoms with Crippen LogP contribution in [0.1, 0.15) is 22.8 Å². The normalized spacial score (nSPS) is 13.3. The minimum Gasteiger partial charge on any atom is -0.755 e. The van der Waals surface area contributed by atoms with Gasteiger partial charge in [-0.1, -0.05) is 12.1 Å². The Kier molecular flexibility index (Phi) is 5.54. The molecule has 24 heavy (non-hydrogen) atoms. The number of nitro groups is 1. The van der Waals surface area contributed by atoms with E-state index >= 15 is 0 Å². The first-order valence-electron chi connectivity index (χ1n) is 6.51. The first kappa shape index (κ1) is 17.9. The van der Waals surface area contributed by atoms with Crippen molar-refractivity contribution in [2.45, 2.75) is 12.6 Å². The molecule has 0 aliphatic heterocycles. The number of aliphatic hydroxyl groups is 1. The second kappa shape index (κ2) is 7.43. The summed E-state index contributed by atoms with van der Waals surface area (Å²) in [6, 6.07) is 6.21. The Morgan fingerprint density at radius 1 is 1.21 bits per heavy atom. The summed E-state index contributed by atoms with van der Waals surface area (Å²) in [5, 5.41) is 20.9. The molecule has 2 aromatic rings. The van der Waals surface area contributed by atoms with E-state index in [1.165, 1.54) is 18.2 Å². The van der Waals surface area contributed by atoms with Crippen molar-refractivity contribution in [3.63, 3.8) is 0 Å². The molecule has 2 rings (SSSR count). The van der Waals surface area contributed by atoms with Crippen molar-refractivity contribution >= 4 is 17.0 Å². The van der Waals surface area contributed by atoms with Crippen LogP contribution in [0, 0.1) is 21.7 Å². The van der Waals surface area contributed by atoms with E-state index in [1.54, 1.807) is 0 Å². The van der Waals surface area contributed by atoms with Gasteiger partial charge in [0, 0.05) is 38.9 Å². The van der Waals surface area contributed by atoms with Crippen LogP contribution >= 0.6 is 0 Å². The van der Waals surface area contributed by atoms with Crippen molar-refractivity contribution in [2.75, 3.05) is 4.72 Å². The number of rotatable bonds is 6. The lowest BCUT2D eigenvalue weighted by Crippen LogP contribution is -2.11. The minimum absolute atomic E-state index is 0.0772. The van der Waals surface area contributed by atoms with Crippen LogP contribution in [0.25, 0.3) is 0 Å². The van der Waals surface area contributed by atoms with E-state index < -0.39 is 40.5 Å². The van der Waals surface area contributed by atoms with Gasteiger partial charge in [0.1, 0.15) is 17.7 Å². The van der Waals surface area contributed by atoms with Gasteiger partial charge < -0.3 is 14.4 Å². The summed E-state index contributed by atoms with van der Waals surface area (Å²) in [6.07, 6.45) is -1.65. The largest absolute Gasteiger partial charge is 0.755 e. The van der Waals surface area contributed by atoms with Crippen LogP contribution in [0.4, 0.5) is 14.5 Å². The van der Waals surface area contributed by atoms with Crippen LogP contribution in [0.2, 0.25) is 0 Å². The molecular weight excluding hydrogens is 346 g/mol. The third-order valence-corrected chi connectivity index (χ3v) is 3.56. The maximum atomic E-state index is 13.8. The van der Waals surface area contributed by atoms with Gasteiger partial charge in [0.15, 0.2) is 0 Å². The monoisotopic (exact) mass is 357 g/mol. The summed E-state index contributed by atoms with van der Waals surface area (Å²) in [6.45, 7) is -0.563. The number of halogens is 2. The average Bonchev–Trinajstić information content (AvgIpc) is 2.47. The molecule has 2 N–H and O–H groups in total. The van der Waals surface area contributed by atoms with E-state index in [-0.39, 0.29) is 22.4 Å². The molecule has 0 radical (unpaired) electrons. The fraction of sp³-hybridized carbons (Fsp3) is 0.143. The summed E-state index contributed by atoms with van der Waals surface area (Å²) in [7, 11) is 0. The molecule has 2 aromatic carbocycles. The fourth-order valence-corrected chi connectivity index (χ4v) is 2.52. The van der Waals surface area contributed by atoms with E-state index in [1.807, 2.05) is 4.72 Å². The second-order valence-corrected chi connectivity index (χ2v) is 5.49. The minimum atomic E-state index is -2.72. The Labute approximate surface area is 137 Å². The first-order chi connectivity index (χ1) is 11.3. The highest BCUT2D eigenvalue weighted by atomic mass is 32.2. The summed E-state index contributed by atoms with van der Waals surface area (Å²) >= 11 is -2.72. The molecule has 7 nitrogen and oxygen atoms in total. The average molecular weight is 357 g/mol. The molecule has 10 heteroatoms. The van der Waals surface area contributed by atoms with Crippen LogP contribution in [-0.2, 0) is 17.8 Å². The smallest absolute Gasteiger partial charge is 0.228 e. The number of anilines is 1. The molecular formula is C14H11F2N2O5S-. The van der Waals surface area contributed by atoms with Crippen molar-refractivity contribution in [1.82, 2.24) is 0 Å². The van der Waals surface area contributed by atoms with Crippen LogP contribution in [-0.4, -0.2) is 18.8 Å². The van der Waals surface area contributed by atoms with Gasteiger partial charge in [-0.2, -0.15) is 0 Å². The highest BCUT2D eigenvalue weighted by Crippen LogP contribution is 2.31.